The van der Waals surface area contributed by atoms with Crippen LogP contribution in [0.25, 0.3) is 23.2 Å². The van der Waals surface area contributed by atoms with E-state index in [0.29, 0.717) is 5.82 Å². The van der Waals surface area contributed by atoms with Crippen molar-refractivity contribution in [1.29, 1.82) is 0 Å². The molecule has 1 amide bonds. The molecule has 0 aliphatic heterocycles. The number of carbonyl (C=O) groups is 1. The molecule has 0 unspecified atom stereocenters. The van der Waals surface area contributed by atoms with Crippen LogP contribution in [0.5, 0.6) is 0 Å². The van der Waals surface area contributed by atoms with Crippen molar-refractivity contribution in [2.45, 2.75) is 6.92 Å². The van der Waals surface area contributed by atoms with E-state index in [2.05, 4.69) is 20.6 Å². The summed E-state index contributed by atoms with van der Waals surface area (Å²) in [5.41, 5.74) is 6.16. The lowest BCUT2D eigenvalue weighted by molar-refractivity contribution is 0.0945. The van der Waals surface area contributed by atoms with Gasteiger partial charge in [-0.15, -0.1) is 5.10 Å². The highest BCUT2D eigenvalue weighted by Gasteiger charge is 2.18. The predicted molar refractivity (Wildman–Crippen MR) is 123 cm³/mol. The van der Waals surface area contributed by atoms with Crippen LogP contribution in [-0.2, 0) is 0 Å². The van der Waals surface area contributed by atoms with Crippen LogP contribution >= 0.6 is 0 Å². The van der Waals surface area contributed by atoms with Crippen molar-refractivity contribution in [3.8, 4) is 17.1 Å². The Morgan fingerprint density at radius 1 is 0.903 bits per heavy atom. The zero-order valence-electron chi connectivity index (χ0n) is 17.0. The topological polar surface area (TPSA) is 72.2 Å². The average molecular weight is 407 g/mol. The highest BCUT2D eigenvalue weighted by Crippen LogP contribution is 2.20. The van der Waals surface area contributed by atoms with E-state index in [1.54, 1.807) is 10.9 Å². The Bertz CT molecular complexity index is 1160. The highest BCUT2D eigenvalue weighted by atomic mass is 16.2. The van der Waals surface area contributed by atoms with E-state index in [4.69, 9.17) is 0 Å². The standard InChI is InChI=1S/C25H21N5O/c1-19(17-20-11-5-2-6-12-20)18-26-28-25(31)23-27-24(21-13-7-3-8-14-21)30(29-23)22-15-9-4-10-16-22/h2-18H,1H3,(H,28,31)/b19-17?,26-18-. The Morgan fingerprint density at radius 3 is 2.19 bits per heavy atom. The second-order valence-corrected chi connectivity index (χ2v) is 6.87. The van der Waals surface area contributed by atoms with Gasteiger partial charge in [-0.25, -0.2) is 15.1 Å². The molecule has 1 aromatic heterocycles. The van der Waals surface area contributed by atoms with Gasteiger partial charge in [0.25, 0.3) is 0 Å². The van der Waals surface area contributed by atoms with Gasteiger partial charge in [0.05, 0.1) is 11.9 Å². The van der Waals surface area contributed by atoms with E-state index in [1.807, 2.05) is 104 Å². The van der Waals surface area contributed by atoms with Gasteiger partial charge >= 0.3 is 5.91 Å². The minimum atomic E-state index is -0.476. The van der Waals surface area contributed by atoms with Crippen LogP contribution in [0.2, 0.25) is 0 Å². The quantitative estimate of drug-likeness (QED) is 0.370. The lowest BCUT2D eigenvalue weighted by Crippen LogP contribution is -2.19. The van der Waals surface area contributed by atoms with Crippen LogP contribution in [0.4, 0.5) is 0 Å². The first-order valence-corrected chi connectivity index (χ1v) is 9.85. The van der Waals surface area contributed by atoms with Gasteiger partial charge in [-0.1, -0.05) is 84.9 Å². The lowest BCUT2D eigenvalue weighted by atomic mass is 10.1. The van der Waals surface area contributed by atoms with Gasteiger partial charge in [0.2, 0.25) is 5.82 Å². The maximum atomic E-state index is 12.6. The van der Waals surface area contributed by atoms with E-state index >= 15 is 0 Å². The molecule has 3 aromatic carbocycles. The number of carbonyl (C=O) groups excluding carboxylic acids is 1. The molecule has 0 bridgehead atoms. The number of nitrogens with one attached hydrogen (secondary N) is 1. The third-order valence-corrected chi connectivity index (χ3v) is 4.47. The van der Waals surface area contributed by atoms with Gasteiger partial charge in [-0.2, -0.15) is 5.10 Å². The second kappa shape index (κ2) is 9.45. The van der Waals surface area contributed by atoms with E-state index in [1.165, 1.54) is 0 Å². The minimum Gasteiger partial charge on any atom is -0.264 e. The van der Waals surface area contributed by atoms with Crippen molar-refractivity contribution in [1.82, 2.24) is 20.2 Å². The molecule has 1 N–H and O–H groups in total. The first kappa shape index (κ1) is 20.0. The lowest BCUT2D eigenvalue weighted by Gasteiger charge is -2.05. The normalized spacial score (nSPS) is 11.6. The molecule has 0 aliphatic carbocycles. The monoisotopic (exact) mass is 407 g/mol. The zero-order valence-corrected chi connectivity index (χ0v) is 17.0. The number of hydrogen-bond acceptors (Lipinski definition) is 4. The van der Waals surface area contributed by atoms with Crippen molar-refractivity contribution in [2.75, 3.05) is 0 Å². The number of amides is 1. The van der Waals surface area contributed by atoms with Crippen LogP contribution in [0.15, 0.2) is 102 Å². The molecule has 6 heteroatoms. The third-order valence-electron chi connectivity index (χ3n) is 4.47. The average Bonchev–Trinajstić information content (AvgIpc) is 3.27. The molecule has 0 atom stereocenters. The predicted octanol–water partition coefficient (Wildman–Crippen LogP) is 4.75. The zero-order chi connectivity index (χ0) is 21.5. The third kappa shape index (κ3) is 5.00. The molecule has 0 radical (unpaired) electrons. The van der Waals surface area contributed by atoms with Gasteiger partial charge in [0.15, 0.2) is 5.82 Å². The van der Waals surface area contributed by atoms with Gasteiger partial charge in [0, 0.05) is 5.56 Å². The van der Waals surface area contributed by atoms with Crippen LogP contribution in [0.1, 0.15) is 23.1 Å². The highest BCUT2D eigenvalue weighted by molar-refractivity contribution is 5.92. The Balaban J connectivity index is 1.56. The van der Waals surface area contributed by atoms with E-state index in [9.17, 15) is 4.79 Å². The number of benzene rings is 3. The number of hydrogen-bond donors (Lipinski definition) is 1. The number of rotatable bonds is 6. The van der Waals surface area contributed by atoms with Crippen molar-refractivity contribution in [2.24, 2.45) is 5.10 Å². The SMILES string of the molecule is CC(=Cc1ccccc1)/C=N\NC(=O)c1nc(-c2ccccc2)n(-c2ccccc2)n1. The van der Waals surface area contributed by atoms with E-state index in [-0.39, 0.29) is 5.82 Å². The molecule has 4 rings (SSSR count). The van der Waals surface area contributed by atoms with Crippen LogP contribution in [0.3, 0.4) is 0 Å². The summed E-state index contributed by atoms with van der Waals surface area (Å²) in [6.45, 7) is 1.92. The summed E-state index contributed by atoms with van der Waals surface area (Å²) in [6.07, 6.45) is 3.57. The Morgan fingerprint density at radius 2 is 1.52 bits per heavy atom. The molecule has 0 spiro atoms. The summed E-state index contributed by atoms with van der Waals surface area (Å²) < 4.78 is 1.66. The summed E-state index contributed by atoms with van der Waals surface area (Å²) in [4.78, 5) is 17.1. The van der Waals surface area contributed by atoms with Crippen molar-refractivity contribution in [3.63, 3.8) is 0 Å². The fourth-order valence-electron chi connectivity index (χ4n) is 3.02. The van der Waals surface area contributed by atoms with Gasteiger partial charge in [-0.05, 0) is 30.2 Å². The molecule has 0 saturated heterocycles. The van der Waals surface area contributed by atoms with Gasteiger partial charge in [0.1, 0.15) is 0 Å². The summed E-state index contributed by atoms with van der Waals surface area (Å²) in [5.74, 6) is 0.154. The molecule has 4 aromatic rings. The van der Waals surface area contributed by atoms with Gasteiger partial charge in [-0.3, -0.25) is 4.79 Å². The number of nitrogens with zero attached hydrogens (tertiary/aromatic N) is 4. The van der Waals surface area contributed by atoms with Crippen LogP contribution in [-0.4, -0.2) is 26.9 Å². The number of hydrazone groups is 1. The Kier molecular flexibility index (Phi) is 6.09. The molecule has 6 nitrogen and oxygen atoms in total. The molecule has 31 heavy (non-hydrogen) atoms. The number of para-hydroxylation sites is 1. The fourth-order valence-corrected chi connectivity index (χ4v) is 3.02. The smallest absolute Gasteiger partial charge is 0.264 e. The first-order valence-electron chi connectivity index (χ1n) is 9.85. The molecular weight excluding hydrogens is 386 g/mol. The van der Waals surface area contributed by atoms with E-state index in [0.717, 1.165) is 22.4 Å². The molecular formula is C25H21N5O. The summed E-state index contributed by atoms with van der Waals surface area (Å²) >= 11 is 0. The van der Waals surface area contributed by atoms with Gasteiger partial charge < -0.3 is 0 Å². The van der Waals surface area contributed by atoms with Crippen LogP contribution < -0.4 is 5.43 Å². The number of allylic oxidation sites excluding steroid dienone is 1. The fraction of sp³-hybridized carbons (Fsp3) is 0.0400. The molecule has 0 saturated carbocycles. The summed E-state index contributed by atoms with van der Waals surface area (Å²) in [7, 11) is 0. The van der Waals surface area contributed by atoms with Crippen molar-refractivity contribution < 1.29 is 4.79 Å². The van der Waals surface area contributed by atoms with Crippen molar-refractivity contribution in [3.05, 3.63) is 108 Å². The Labute approximate surface area is 180 Å². The molecule has 0 aliphatic rings. The number of aromatic nitrogens is 3. The first-order chi connectivity index (χ1) is 15.2. The largest absolute Gasteiger partial charge is 0.311 e. The van der Waals surface area contributed by atoms with Crippen molar-refractivity contribution >= 4 is 18.2 Å². The molecule has 152 valence electrons. The maximum absolute atomic E-state index is 12.6. The Hall–Kier alpha value is -4.32. The second-order valence-electron chi connectivity index (χ2n) is 6.87. The van der Waals surface area contributed by atoms with Crippen LogP contribution in [0, 0.1) is 0 Å². The summed E-state index contributed by atoms with van der Waals surface area (Å²) in [5, 5.41) is 8.47. The molecule has 1 heterocycles. The maximum Gasteiger partial charge on any atom is 0.311 e. The minimum absolute atomic E-state index is 0.0459. The molecule has 0 fully saturated rings. The summed E-state index contributed by atoms with van der Waals surface area (Å²) in [6, 6.07) is 29.1. The van der Waals surface area contributed by atoms with E-state index < -0.39 is 5.91 Å².